The van der Waals surface area contributed by atoms with Gasteiger partial charge in [-0.25, -0.2) is 0 Å². The van der Waals surface area contributed by atoms with Crippen molar-refractivity contribution in [3.05, 3.63) is 125 Å². The quantitative estimate of drug-likeness (QED) is 0.331. The van der Waals surface area contributed by atoms with Crippen LogP contribution in [0.5, 0.6) is 0 Å². The van der Waals surface area contributed by atoms with Gasteiger partial charge in [0.15, 0.2) is 18.5 Å². The molecule has 134 valence electrons. The molecular weight excluding hydrogens is 342 g/mol. The van der Waals surface area contributed by atoms with E-state index in [-0.39, 0.29) is 5.78 Å². The van der Waals surface area contributed by atoms with Crippen LogP contribution in [-0.2, 0) is 13.0 Å². The average molecular weight is 362 g/mol. The molecule has 3 aromatic carbocycles. The molecule has 4 aromatic rings. The van der Waals surface area contributed by atoms with Gasteiger partial charge in [-0.1, -0.05) is 78.9 Å². The van der Waals surface area contributed by atoms with Gasteiger partial charge in [0.2, 0.25) is 5.69 Å². The van der Waals surface area contributed by atoms with Crippen LogP contribution in [0.2, 0.25) is 0 Å². The smallest absolute Gasteiger partial charge is 0.217 e. The van der Waals surface area contributed by atoms with Gasteiger partial charge in [-0.2, -0.15) is 4.57 Å². The molecule has 0 bridgehead atoms. The third kappa shape index (κ3) is 2.84. The van der Waals surface area contributed by atoms with Gasteiger partial charge in [0.25, 0.3) is 0 Å². The number of carbonyl (C=O) groups is 1. The van der Waals surface area contributed by atoms with E-state index in [1.807, 2.05) is 48.5 Å². The molecule has 1 heterocycles. The summed E-state index contributed by atoms with van der Waals surface area (Å²) in [7, 11) is 0. The number of aromatic nitrogens is 1. The maximum Gasteiger partial charge on any atom is 0.217 e. The van der Waals surface area contributed by atoms with Crippen LogP contribution in [0, 0.1) is 0 Å². The van der Waals surface area contributed by atoms with Gasteiger partial charge in [-0.15, -0.1) is 0 Å². The second kappa shape index (κ2) is 6.90. The topological polar surface area (TPSA) is 20.9 Å². The lowest BCUT2D eigenvalue weighted by atomic mass is 9.95. The molecule has 1 aliphatic carbocycles. The van der Waals surface area contributed by atoms with Crippen molar-refractivity contribution in [2.24, 2.45) is 0 Å². The van der Waals surface area contributed by atoms with Gasteiger partial charge >= 0.3 is 0 Å². The van der Waals surface area contributed by atoms with Crippen LogP contribution in [0.3, 0.4) is 0 Å². The van der Waals surface area contributed by atoms with Gasteiger partial charge in [-0.3, -0.25) is 4.79 Å². The summed E-state index contributed by atoms with van der Waals surface area (Å²) in [6, 6.07) is 30.4. The van der Waals surface area contributed by atoms with Crippen molar-refractivity contribution in [2.45, 2.75) is 13.0 Å². The first-order valence-electron chi connectivity index (χ1n) is 9.58. The van der Waals surface area contributed by atoms with Crippen molar-refractivity contribution in [3.8, 4) is 11.3 Å². The molecular formula is C26H20NO+. The molecule has 28 heavy (non-hydrogen) atoms. The predicted octanol–water partition coefficient (Wildman–Crippen LogP) is 4.82. The molecule has 0 unspecified atom stereocenters. The molecule has 0 saturated carbocycles. The van der Waals surface area contributed by atoms with Crippen LogP contribution in [0.15, 0.2) is 97.2 Å². The van der Waals surface area contributed by atoms with Crippen molar-refractivity contribution in [1.82, 2.24) is 0 Å². The highest BCUT2D eigenvalue weighted by molar-refractivity contribution is 6.13. The minimum Gasteiger partial charge on any atom is -0.289 e. The van der Waals surface area contributed by atoms with Crippen LogP contribution in [0.1, 0.15) is 32.6 Å². The van der Waals surface area contributed by atoms with Crippen molar-refractivity contribution >= 4 is 5.78 Å². The Morgan fingerprint density at radius 3 is 2.25 bits per heavy atom. The number of fused-ring (bicyclic) bond motifs is 3. The second-order valence-corrected chi connectivity index (χ2v) is 7.21. The molecule has 0 saturated heterocycles. The molecule has 0 radical (unpaired) electrons. The molecule has 0 aliphatic heterocycles. The summed E-state index contributed by atoms with van der Waals surface area (Å²) >= 11 is 0. The Balaban J connectivity index is 1.65. The maximum atomic E-state index is 13.3. The summed E-state index contributed by atoms with van der Waals surface area (Å²) in [4.78, 5) is 13.3. The third-order valence-electron chi connectivity index (χ3n) is 5.40. The van der Waals surface area contributed by atoms with E-state index in [4.69, 9.17) is 0 Å². The molecule has 0 amide bonds. The van der Waals surface area contributed by atoms with Gasteiger partial charge in [0.05, 0.1) is 5.56 Å². The van der Waals surface area contributed by atoms with Crippen LogP contribution in [0.4, 0.5) is 0 Å². The summed E-state index contributed by atoms with van der Waals surface area (Å²) in [5.41, 5.74) is 7.53. The molecule has 0 spiro atoms. The van der Waals surface area contributed by atoms with E-state index in [0.717, 1.165) is 29.7 Å². The molecule has 1 aromatic heterocycles. The third-order valence-corrected chi connectivity index (χ3v) is 5.40. The molecule has 2 heteroatoms. The van der Waals surface area contributed by atoms with Gasteiger partial charge in [0, 0.05) is 34.7 Å². The van der Waals surface area contributed by atoms with Crippen molar-refractivity contribution in [2.75, 3.05) is 0 Å². The fraction of sp³-hybridized carbons (Fsp3) is 0.0769. The molecule has 0 atom stereocenters. The first-order chi connectivity index (χ1) is 13.8. The summed E-state index contributed by atoms with van der Waals surface area (Å²) < 4.78 is 2.28. The SMILES string of the molecule is O=C(c1ccccc1)c1cccc2c1-c1c(ccc[n+]1Cc1ccccc1)C2. The zero-order valence-corrected chi connectivity index (χ0v) is 15.5. The molecule has 0 fully saturated rings. The van der Waals surface area contributed by atoms with Gasteiger partial charge in [0.1, 0.15) is 0 Å². The first kappa shape index (κ1) is 16.6. The van der Waals surface area contributed by atoms with E-state index < -0.39 is 0 Å². The van der Waals surface area contributed by atoms with Crippen LogP contribution >= 0.6 is 0 Å². The Kier molecular flexibility index (Phi) is 4.10. The van der Waals surface area contributed by atoms with E-state index in [9.17, 15) is 4.79 Å². The fourth-order valence-corrected chi connectivity index (χ4v) is 4.13. The van der Waals surface area contributed by atoms with Crippen molar-refractivity contribution in [1.29, 1.82) is 0 Å². The van der Waals surface area contributed by atoms with Crippen LogP contribution in [0.25, 0.3) is 11.3 Å². The Morgan fingerprint density at radius 2 is 1.46 bits per heavy atom. The largest absolute Gasteiger partial charge is 0.289 e. The lowest BCUT2D eigenvalue weighted by molar-refractivity contribution is -0.677. The number of hydrogen-bond donors (Lipinski definition) is 0. The molecule has 5 rings (SSSR count). The summed E-state index contributed by atoms with van der Waals surface area (Å²) in [5.74, 6) is 0.0837. The van der Waals surface area contributed by atoms with Crippen LogP contribution < -0.4 is 4.57 Å². The van der Waals surface area contributed by atoms with E-state index in [1.165, 1.54) is 22.4 Å². The highest BCUT2D eigenvalue weighted by Crippen LogP contribution is 2.37. The lowest BCUT2D eigenvalue weighted by Gasteiger charge is -2.09. The number of ketones is 1. The van der Waals surface area contributed by atoms with E-state index in [2.05, 4.69) is 53.2 Å². The van der Waals surface area contributed by atoms with Gasteiger partial charge in [-0.05, 0) is 11.6 Å². The van der Waals surface area contributed by atoms with Crippen molar-refractivity contribution < 1.29 is 9.36 Å². The zero-order chi connectivity index (χ0) is 18.9. The monoisotopic (exact) mass is 362 g/mol. The fourth-order valence-electron chi connectivity index (χ4n) is 4.13. The van der Waals surface area contributed by atoms with Crippen molar-refractivity contribution in [3.63, 3.8) is 0 Å². The number of nitrogens with zero attached hydrogens (tertiary/aromatic N) is 1. The zero-order valence-electron chi connectivity index (χ0n) is 15.5. The first-order valence-corrected chi connectivity index (χ1v) is 9.58. The predicted molar refractivity (Wildman–Crippen MR) is 110 cm³/mol. The average Bonchev–Trinajstić information content (AvgIpc) is 3.14. The standard InChI is InChI=1S/C26H20NO/c28-26(20-11-5-2-6-12-20)23-15-7-13-21-17-22-14-8-16-27(25(22)24(21)23)18-19-9-3-1-4-10-19/h1-16H,17-18H2/q+1. The van der Waals surface area contributed by atoms with E-state index in [1.54, 1.807) is 0 Å². The van der Waals surface area contributed by atoms with Gasteiger partial charge < -0.3 is 0 Å². The number of hydrogen-bond acceptors (Lipinski definition) is 1. The summed E-state index contributed by atoms with van der Waals surface area (Å²) in [6.07, 6.45) is 2.99. The Hall–Kier alpha value is -3.52. The Labute approximate surface area is 164 Å². The number of rotatable bonds is 4. The number of benzene rings is 3. The Bertz CT molecular complexity index is 1160. The molecule has 2 nitrogen and oxygen atoms in total. The minimum absolute atomic E-state index is 0.0837. The molecule has 1 aliphatic rings. The summed E-state index contributed by atoms with van der Waals surface area (Å²) in [6.45, 7) is 0.789. The van der Waals surface area contributed by atoms with E-state index >= 15 is 0 Å². The normalized spacial score (nSPS) is 11.7. The summed E-state index contributed by atoms with van der Waals surface area (Å²) in [5, 5.41) is 0. The van der Waals surface area contributed by atoms with E-state index in [0.29, 0.717) is 0 Å². The Morgan fingerprint density at radius 1 is 0.750 bits per heavy atom. The highest BCUT2D eigenvalue weighted by Gasteiger charge is 2.32. The highest BCUT2D eigenvalue weighted by atomic mass is 16.1. The number of pyridine rings is 1. The minimum atomic E-state index is 0.0837. The maximum absolute atomic E-state index is 13.3. The number of carbonyl (C=O) groups excluding carboxylic acids is 1. The lowest BCUT2D eigenvalue weighted by Crippen LogP contribution is -2.37. The second-order valence-electron chi connectivity index (χ2n) is 7.21. The molecule has 0 N–H and O–H groups in total. The van der Waals surface area contributed by atoms with Crippen LogP contribution in [-0.4, -0.2) is 5.78 Å².